The van der Waals surface area contributed by atoms with Gasteiger partial charge in [-0.2, -0.15) is 11.8 Å². The molecule has 2 aliphatic rings. The van der Waals surface area contributed by atoms with Gasteiger partial charge in [-0.05, 0) is 59.4 Å². The van der Waals surface area contributed by atoms with Gasteiger partial charge in [0.2, 0.25) is 5.91 Å². The van der Waals surface area contributed by atoms with Gasteiger partial charge in [-0.15, -0.1) is 0 Å². The standard InChI is InChI=1S/C27H32N2O5S/c1-35-14-13-23(26(31)32)28-25(30)15-24(17-7-6-8-17)29-27(33)34-16-22-20-11-4-2-9-18(20)19-10-3-5-12-21(19)22/h2-5,9-12,17,22-24H,6-8,13-16H2,1H3,(H,28,30)(H,29,33)(H,31,32)/t23-,24?/m1/s1. The summed E-state index contributed by atoms with van der Waals surface area (Å²) in [5.41, 5.74) is 4.61. The van der Waals surface area contributed by atoms with Crippen LogP contribution in [-0.4, -0.2) is 53.8 Å². The van der Waals surface area contributed by atoms with Crippen LogP contribution >= 0.6 is 11.8 Å². The highest BCUT2D eigenvalue weighted by atomic mass is 32.2. The Hall–Kier alpha value is -3.00. The molecule has 2 aromatic rings. The van der Waals surface area contributed by atoms with Crippen LogP contribution in [-0.2, 0) is 14.3 Å². The smallest absolute Gasteiger partial charge is 0.407 e. The number of carboxylic acid groups (broad SMARTS) is 1. The number of nitrogens with one attached hydrogen (secondary N) is 2. The fourth-order valence-electron chi connectivity index (χ4n) is 4.92. The van der Waals surface area contributed by atoms with Crippen LogP contribution in [0, 0.1) is 5.92 Å². The zero-order valence-corrected chi connectivity index (χ0v) is 20.7. The molecule has 0 bridgehead atoms. The van der Waals surface area contributed by atoms with Gasteiger partial charge < -0.3 is 20.5 Å². The highest BCUT2D eigenvalue weighted by Gasteiger charge is 2.33. The van der Waals surface area contributed by atoms with Gasteiger partial charge in [-0.1, -0.05) is 55.0 Å². The van der Waals surface area contributed by atoms with Gasteiger partial charge in [0.1, 0.15) is 12.6 Å². The van der Waals surface area contributed by atoms with Crippen molar-refractivity contribution in [2.24, 2.45) is 5.92 Å². The molecule has 2 aromatic carbocycles. The van der Waals surface area contributed by atoms with Crippen LogP contribution in [0.25, 0.3) is 11.1 Å². The van der Waals surface area contributed by atoms with E-state index in [2.05, 4.69) is 34.9 Å². The van der Waals surface area contributed by atoms with Gasteiger partial charge in [-0.3, -0.25) is 4.79 Å². The number of rotatable bonds is 11. The van der Waals surface area contributed by atoms with E-state index in [1.165, 1.54) is 11.8 Å². The first-order valence-corrected chi connectivity index (χ1v) is 13.5. The lowest BCUT2D eigenvalue weighted by atomic mass is 9.78. The van der Waals surface area contributed by atoms with Crippen LogP contribution in [0.4, 0.5) is 4.79 Å². The third-order valence-electron chi connectivity index (χ3n) is 7.02. The summed E-state index contributed by atoms with van der Waals surface area (Å²) in [5.74, 6) is -0.616. The number of alkyl carbamates (subject to hydrolysis) is 1. The molecule has 3 N–H and O–H groups in total. The molecule has 0 spiro atoms. The van der Waals surface area contributed by atoms with Crippen molar-refractivity contribution in [1.82, 2.24) is 10.6 Å². The Labute approximate surface area is 210 Å². The number of hydrogen-bond donors (Lipinski definition) is 3. The molecule has 0 aromatic heterocycles. The average Bonchev–Trinajstić information content (AvgIpc) is 3.13. The van der Waals surface area contributed by atoms with E-state index in [1.807, 2.05) is 30.5 Å². The molecule has 2 atom stereocenters. The highest BCUT2D eigenvalue weighted by molar-refractivity contribution is 7.98. The van der Waals surface area contributed by atoms with Crippen LogP contribution in [0.5, 0.6) is 0 Å². The van der Waals surface area contributed by atoms with E-state index in [0.29, 0.717) is 12.2 Å². The fraction of sp³-hybridized carbons (Fsp3) is 0.444. The van der Waals surface area contributed by atoms with Crippen molar-refractivity contribution in [2.75, 3.05) is 18.6 Å². The number of amides is 2. The molecule has 0 radical (unpaired) electrons. The van der Waals surface area contributed by atoms with Crippen LogP contribution in [0.1, 0.15) is 49.1 Å². The van der Waals surface area contributed by atoms with Crippen LogP contribution in [0.2, 0.25) is 0 Å². The molecular weight excluding hydrogens is 464 g/mol. The zero-order valence-electron chi connectivity index (χ0n) is 19.9. The Kier molecular flexibility index (Phi) is 8.33. The predicted molar refractivity (Wildman–Crippen MR) is 137 cm³/mol. The fourth-order valence-corrected chi connectivity index (χ4v) is 5.39. The first-order chi connectivity index (χ1) is 17.0. The van der Waals surface area contributed by atoms with Crippen LogP contribution in [0.3, 0.4) is 0 Å². The van der Waals surface area contributed by atoms with Crippen molar-refractivity contribution < 1.29 is 24.2 Å². The molecule has 8 heteroatoms. The second-order valence-electron chi connectivity index (χ2n) is 9.21. The number of carbonyl (C=O) groups is 3. The third-order valence-corrected chi connectivity index (χ3v) is 7.66. The molecule has 1 unspecified atom stereocenters. The lowest BCUT2D eigenvalue weighted by molar-refractivity contribution is -0.142. The maximum Gasteiger partial charge on any atom is 0.407 e. The van der Waals surface area contributed by atoms with Crippen molar-refractivity contribution in [2.45, 2.75) is 50.1 Å². The van der Waals surface area contributed by atoms with E-state index >= 15 is 0 Å². The van der Waals surface area contributed by atoms with E-state index in [0.717, 1.165) is 41.5 Å². The molecule has 186 valence electrons. The zero-order chi connectivity index (χ0) is 24.8. The summed E-state index contributed by atoms with van der Waals surface area (Å²) in [6.45, 7) is 0.208. The average molecular weight is 497 g/mol. The second kappa shape index (κ2) is 11.6. The van der Waals surface area contributed by atoms with Gasteiger partial charge in [0.05, 0.1) is 0 Å². The van der Waals surface area contributed by atoms with Gasteiger partial charge >= 0.3 is 12.1 Å². The number of benzene rings is 2. The summed E-state index contributed by atoms with van der Waals surface area (Å²) >= 11 is 1.53. The van der Waals surface area contributed by atoms with Crippen LogP contribution < -0.4 is 10.6 Å². The van der Waals surface area contributed by atoms with Crippen molar-refractivity contribution in [3.05, 3.63) is 59.7 Å². The lowest BCUT2D eigenvalue weighted by Gasteiger charge is -2.34. The van der Waals surface area contributed by atoms with E-state index in [9.17, 15) is 19.5 Å². The molecule has 7 nitrogen and oxygen atoms in total. The molecule has 2 amide bonds. The Morgan fingerprint density at radius 2 is 1.66 bits per heavy atom. The van der Waals surface area contributed by atoms with Crippen molar-refractivity contribution in [3.63, 3.8) is 0 Å². The van der Waals surface area contributed by atoms with Gasteiger partial charge in [0.15, 0.2) is 0 Å². The summed E-state index contributed by atoms with van der Waals surface area (Å²) in [6, 6.07) is 15.0. The quantitative estimate of drug-likeness (QED) is 0.426. The molecule has 1 fully saturated rings. The molecule has 2 aliphatic carbocycles. The van der Waals surface area contributed by atoms with Crippen molar-refractivity contribution in [3.8, 4) is 11.1 Å². The predicted octanol–water partition coefficient (Wildman–Crippen LogP) is 4.41. The third kappa shape index (κ3) is 5.99. The number of aliphatic carboxylic acids is 1. The molecule has 0 aliphatic heterocycles. The molecule has 35 heavy (non-hydrogen) atoms. The largest absolute Gasteiger partial charge is 0.480 e. The number of carbonyl (C=O) groups excluding carboxylic acids is 2. The number of ether oxygens (including phenoxy) is 1. The molecule has 0 saturated heterocycles. The minimum atomic E-state index is -1.04. The Bertz CT molecular complexity index is 1030. The number of fused-ring (bicyclic) bond motifs is 3. The molecule has 1 saturated carbocycles. The van der Waals surface area contributed by atoms with E-state index < -0.39 is 18.1 Å². The SMILES string of the molecule is CSCC[C@@H](NC(=O)CC(NC(=O)OCC1c2ccccc2-c2ccccc21)C1CCC1)C(=O)O. The first kappa shape index (κ1) is 25.1. The molecular formula is C27H32N2O5S. The maximum absolute atomic E-state index is 12.8. The van der Waals surface area contributed by atoms with E-state index in [-0.39, 0.29) is 36.8 Å². The van der Waals surface area contributed by atoms with E-state index in [4.69, 9.17) is 4.74 Å². The normalized spacial score (nSPS) is 16.4. The first-order valence-electron chi connectivity index (χ1n) is 12.1. The highest BCUT2D eigenvalue weighted by Crippen LogP contribution is 2.44. The minimum absolute atomic E-state index is 0.0358. The summed E-state index contributed by atoms with van der Waals surface area (Å²) < 4.78 is 5.66. The minimum Gasteiger partial charge on any atom is -0.480 e. The number of hydrogen-bond acceptors (Lipinski definition) is 5. The van der Waals surface area contributed by atoms with E-state index in [1.54, 1.807) is 0 Å². The Morgan fingerprint density at radius 3 is 2.20 bits per heavy atom. The lowest BCUT2D eigenvalue weighted by Crippen LogP contribution is -2.48. The van der Waals surface area contributed by atoms with Gasteiger partial charge in [-0.25, -0.2) is 9.59 Å². The molecule has 0 heterocycles. The Morgan fingerprint density at radius 1 is 1.03 bits per heavy atom. The molecule has 4 rings (SSSR count). The summed E-state index contributed by atoms with van der Waals surface area (Å²) in [5, 5.41) is 14.9. The van der Waals surface area contributed by atoms with Gasteiger partial charge in [0.25, 0.3) is 0 Å². The maximum atomic E-state index is 12.8. The number of carboxylic acids is 1. The summed E-state index contributed by atoms with van der Waals surface area (Å²) in [7, 11) is 0. The second-order valence-corrected chi connectivity index (χ2v) is 10.2. The van der Waals surface area contributed by atoms with Crippen LogP contribution in [0.15, 0.2) is 48.5 Å². The Balaban J connectivity index is 1.36. The monoisotopic (exact) mass is 496 g/mol. The topological polar surface area (TPSA) is 105 Å². The van der Waals surface area contributed by atoms with Crippen molar-refractivity contribution in [1.29, 1.82) is 0 Å². The van der Waals surface area contributed by atoms with Gasteiger partial charge in [0, 0.05) is 18.4 Å². The van der Waals surface area contributed by atoms with Crippen molar-refractivity contribution >= 4 is 29.7 Å². The summed E-state index contributed by atoms with van der Waals surface area (Å²) in [4.78, 5) is 36.9. The summed E-state index contributed by atoms with van der Waals surface area (Å²) in [6.07, 6.45) is 4.65. The number of thioether (sulfide) groups is 1.